The molecule has 0 aliphatic carbocycles. The number of hydrogen-bond donors (Lipinski definition) is 0. The lowest BCUT2D eigenvalue weighted by molar-refractivity contribution is 0.00928. The number of hydrogen-bond acceptors (Lipinski definition) is 6. The van der Waals surface area contributed by atoms with E-state index in [1.807, 2.05) is 23.7 Å². The Morgan fingerprint density at radius 1 is 1.43 bits per heavy atom. The highest BCUT2D eigenvalue weighted by atomic mass is 32.1. The summed E-state index contributed by atoms with van der Waals surface area (Å²) in [5.41, 5.74) is 3.04. The van der Waals surface area contributed by atoms with Gasteiger partial charge in [-0.2, -0.15) is 0 Å². The highest BCUT2D eigenvalue weighted by Gasteiger charge is 2.46. The van der Waals surface area contributed by atoms with Crippen LogP contribution in [0.4, 0.5) is 0 Å². The van der Waals surface area contributed by atoms with Crippen LogP contribution in [-0.2, 0) is 11.3 Å². The molecule has 23 heavy (non-hydrogen) atoms. The summed E-state index contributed by atoms with van der Waals surface area (Å²) in [7, 11) is 0. The quantitative estimate of drug-likeness (QED) is 0.862. The zero-order valence-corrected chi connectivity index (χ0v) is 14.1. The fourth-order valence-corrected chi connectivity index (χ4v) is 4.31. The van der Waals surface area contributed by atoms with Crippen LogP contribution in [0.5, 0.6) is 5.88 Å². The molecule has 5 nitrogen and oxygen atoms in total. The molecule has 122 valence electrons. The van der Waals surface area contributed by atoms with Gasteiger partial charge in [0.05, 0.1) is 23.4 Å². The topological polar surface area (TPSA) is 47.5 Å². The number of likely N-dealkylation sites (tertiary alicyclic amines) is 1. The van der Waals surface area contributed by atoms with Crippen LogP contribution in [-0.4, -0.2) is 46.3 Å². The highest BCUT2D eigenvalue weighted by molar-refractivity contribution is 7.09. The molecule has 2 saturated heterocycles. The fraction of sp³-hybridized carbons (Fsp3) is 0.529. The molecule has 2 atom stereocenters. The predicted octanol–water partition coefficient (Wildman–Crippen LogP) is 2.66. The molecule has 0 bridgehead atoms. The standard InChI is InChI=1S/C17H21N3O2S/c1-13-15(23-12-19-13)9-20-7-5-17(11-20)8-14(10-21-17)22-16-4-2-3-6-18-16/h2-4,6,12,14H,5,7-11H2,1H3/t14-,17-/m0/s1. The molecule has 0 unspecified atom stereocenters. The lowest BCUT2D eigenvalue weighted by atomic mass is 9.98. The van der Waals surface area contributed by atoms with Gasteiger partial charge in [-0.25, -0.2) is 9.97 Å². The van der Waals surface area contributed by atoms with Crippen molar-refractivity contribution in [2.24, 2.45) is 0 Å². The second-order valence-electron chi connectivity index (χ2n) is 6.43. The van der Waals surface area contributed by atoms with Crippen molar-refractivity contribution < 1.29 is 9.47 Å². The van der Waals surface area contributed by atoms with Crippen molar-refractivity contribution in [3.05, 3.63) is 40.5 Å². The molecule has 4 heterocycles. The minimum atomic E-state index is -0.0436. The van der Waals surface area contributed by atoms with Crippen molar-refractivity contribution in [1.29, 1.82) is 0 Å². The first-order valence-corrected chi connectivity index (χ1v) is 8.93. The Kier molecular flexibility index (Phi) is 4.05. The van der Waals surface area contributed by atoms with Gasteiger partial charge in [-0.05, 0) is 19.4 Å². The molecule has 0 aromatic carbocycles. The van der Waals surface area contributed by atoms with E-state index in [0.717, 1.165) is 38.2 Å². The number of aromatic nitrogens is 2. The van der Waals surface area contributed by atoms with Crippen molar-refractivity contribution in [2.45, 2.75) is 38.0 Å². The first-order chi connectivity index (χ1) is 11.2. The fourth-order valence-electron chi connectivity index (χ4n) is 3.49. The van der Waals surface area contributed by atoms with E-state index in [0.29, 0.717) is 12.5 Å². The summed E-state index contributed by atoms with van der Waals surface area (Å²) < 4.78 is 12.1. The summed E-state index contributed by atoms with van der Waals surface area (Å²) in [6, 6.07) is 5.75. The SMILES string of the molecule is Cc1ncsc1CN1CC[C@]2(C[C@H](Oc3ccccn3)CO2)C1. The predicted molar refractivity (Wildman–Crippen MR) is 88.7 cm³/mol. The number of thiazole rings is 1. The van der Waals surface area contributed by atoms with Gasteiger partial charge in [0.1, 0.15) is 6.10 Å². The van der Waals surface area contributed by atoms with E-state index < -0.39 is 0 Å². The minimum absolute atomic E-state index is 0.0436. The number of rotatable bonds is 4. The smallest absolute Gasteiger partial charge is 0.213 e. The Hall–Kier alpha value is -1.50. The largest absolute Gasteiger partial charge is 0.472 e. The summed E-state index contributed by atoms with van der Waals surface area (Å²) >= 11 is 1.74. The molecular weight excluding hydrogens is 310 g/mol. The molecule has 4 rings (SSSR count). The van der Waals surface area contributed by atoms with E-state index in [2.05, 4.69) is 21.8 Å². The lowest BCUT2D eigenvalue weighted by Crippen LogP contribution is -2.33. The van der Waals surface area contributed by atoms with Gasteiger partial charge in [-0.15, -0.1) is 11.3 Å². The molecule has 0 saturated carbocycles. The first kappa shape index (κ1) is 15.1. The molecule has 0 N–H and O–H groups in total. The van der Waals surface area contributed by atoms with Crippen molar-refractivity contribution >= 4 is 11.3 Å². The van der Waals surface area contributed by atoms with Gasteiger partial charge in [0.15, 0.2) is 0 Å². The van der Waals surface area contributed by atoms with Crippen molar-refractivity contribution in [2.75, 3.05) is 19.7 Å². The van der Waals surface area contributed by atoms with E-state index in [1.54, 1.807) is 17.5 Å². The average Bonchev–Trinajstić information content (AvgIpc) is 3.25. The van der Waals surface area contributed by atoms with Crippen LogP contribution in [0, 0.1) is 6.92 Å². The van der Waals surface area contributed by atoms with Gasteiger partial charge in [0.2, 0.25) is 5.88 Å². The summed E-state index contributed by atoms with van der Waals surface area (Å²) in [6.07, 6.45) is 3.89. The maximum Gasteiger partial charge on any atom is 0.213 e. The highest BCUT2D eigenvalue weighted by Crippen LogP contribution is 2.37. The summed E-state index contributed by atoms with van der Waals surface area (Å²) in [5, 5.41) is 0. The summed E-state index contributed by atoms with van der Waals surface area (Å²) in [5.74, 6) is 0.688. The van der Waals surface area contributed by atoms with Crippen molar-refractivity contribution in [3.8, 4) is 5.88 Å². The summed E-state index contributed by atoms with van der Waals surface area (Å²) in [6.45, 7) is 5.78. The molecule has 2 aromatic rings. The molecule has 2 aliphatic heterocycles. The van der Waals surface area contributed by atoms with E-state index >= 15 is 0 Å². The van der Waals surface area contributed by atoms with E-state index in [9.17, 15) is 0 Å². The third kappa shape index (κ3) is 3.24. The molecule has 2 aromatic heterocycles. The average molecular weight is 331 g/mol. The molecule has 0 radical (unpaired) electrons. The van der Waals surface area contributed by atoms with Crippen molar-refractivity contribution in [1.82, 2.24) is 14.9 Å². The van der Waals surface area contributed by atoms with Crippen LogP contribution < -0.4 is 4.74 Å². The Labute approximate surface area is 140 Å². The van der Waals surface area contributed by atoms with Gasteiger partial charge in [0.25, 0.3) is 0 Å². The van der Waals surface area contributed by atoms with Crippen LogP contribution in [0.3, 0.4) is 0 Å². The van der Waals surface area contributed by atoms with E-state index in [4.69, 9.17) is 9.47 Å². The maximum absolute atomic E-state index is 6.16. The zero-order valence-electron chi connectivity index (χ0n) is 13.3. The molecule has 6 heteroatoms. The maximum atomic E-state index is 6.16. The second kappa shape index (κ2) is 6.19. The second-order valence-corrected chi connectivity index (χ2v) is 7.37. The van der Waals surface area contributed by atoms with Gasteiger partial charge >= 0.3 is 0 Å². The summed E-state index contributed by atoms with van der Waals surface area (Å²) in [4.78, 5) is 12.4. The number of aryl methyl sites for hydroxylation is 1. The van der Waals surface area contributed by atoms with Gasteiger partial charge in [-0.3, -0.25) is 4.90 Å². The monoisotopic (exact) mass is 331 g/mol. The lowest BCUT2D eigenvalue weighted by Gasteiger charge is -2.23. The van der Waals surface area contributed by atoms with Crippen LogP contribution in [0.25, 0.3) is 0 Å². The van der Waals surface area contributed by atoms with Crippen LogP contribution >= 0.6 is 11.3 Å². The van der Waals surface area contributed by atoms with E-state index in [-0.39, 0.29) is 11.7 Å². The molecule has 2 aliphatic rings. The van der Waals surface area contributed by atoms with Crippen LogP contribution in [0.2, 0.25) is 0 Å². The number of ether oxygens (including phenoxy) is 2. The van der Waals surface area contributed by atoms with E-state index in [1.165, 1.54) is 4.88 Å². The van der Waals surface area contributed by atoms with Crippen LogP contribution in [0.15, 0.2) is 29.9 Å². The number of nitrogens with zero attached hydrogens (tertiary/aromatic N) is 3. The third-order valence-corrected chi connectivity index (χ3v) is 5.63. The Balaban J connectivity index is 1.35. The Morgan fingerprint density at radius 3 is 3.17 bits per heavy atom. The first-order valence-electron chi connectivity index (χ1n) is 8.05. The Bertz CT molecular complexity index is 663. The van der Waals surface area contributed by atoms with Gasteiger partial charge in [0, 0.05) is 43.2 Å². The molecule has 2 fully saturated rings. The molecule has 1 spiro atoms. The zero-order chi connectivity index (χ0) is 15.7. The third-order valence-electron chi connectivity index (χ3n) is 4.71. The van der Waals surface area contributed by atoms with Gasteiger partial charge in [-0.1, -0.05) is 6.07 Å². The molecule has 0 amide bonds. The van der Waals surface area contributed by atoms with Gasteiger partial charge < -0.3 is 9.47 Å². The van der Waals surface area contributed by atoms with Crippen molar-refractivity contribution in [3.63, 3.8) is 0 Å². The normalized spacial score (nSPS) is 27.8. The minimum Gasteiger partial charge on any atom is -0.472 e. The molecular formula is C17H21N3O2S. The van der Waals surface area contributed by atoms with Crippen LogP contribution in [0.1, 0.15) is 23.4 Å². The Morgan fingerprint density at radius 2 is 2.39 bits per heavy atom. The number of pyridine rings is 1.